The Kier molecular flexibility index (Phi) is 7.00. The molecular weight excluding hydrogens is 400 g/mol. The van der Waals surface area contributed by atoms with Crippen molar-refractivity contribution in [2.45, 2.75) is 13.5 Å². The number of carbonyl (C=O) groups is 1. The number of aromatic nitrogens is 2. The van der Waals surface area contributed by atoms with Crippen LogP contribution in [-0.4, -0.2) is 36.3 Å². The maximum absolute atomic E-state index is 12.2. The van der Waals surface area contributed by atoms with Gasteiger partial charge >= 0.3 is 5.69 Å². The molecule has 0 spiro atoms. The molecule has 1 heterocycles. The quantitative estimate of drug-likeness (QED) is 0.426. The molecule has 31 heavy (non-hydrogen) atoms. The average Bonchev–Trinajstić information content (AvgIpc) is 2.77. The minimum atomic E-state index is -0.604. The maximum Gasteiger partial charge on any atom is 0.345 e. The fourth-order valence-corrected chi connectivity index (χ4v) is 2.77. The number of carbonyl (C=O) groups excluding carboxylic acids is 1. The van der Waals surface area contributed by atoms with E-state index in [-0.39, 0.29) is 5.69 Å². The van der Waals surface area contributed by atoms with Crippen molar-refractivity contribution in [2.24, 2.45) is 5.10 Å². The van der Waals surface area contributed by atoms with Crippen LogP contribution in [0.1, 0.15) is 27.3 Å². The number of hydrogen-bond donors (Lipinski definition) is 2. The second-order valence-electron chi connectivity index (χ2n) is 6.48. The zero-order chi connectivity index (χ0) is 22.2. The zero-order valence-electron chi connectivity index (χ0n) is 17.3. The standard InChI is InChI=1S/C22H22N4O5/c1-14-9-17(25-22(28)24-14)21(27)26-23-12-16-10-18(29-2)20(19(11-16)30-3)31-13-15-7-5-4-6-8-15/h4-12H,13H2,1-3H3,(H,26,27)(H,24,25,28)/b23-12+. The van der Waals surface area contributed by atoms with Gasteiger partial charge in [-0.2, -0.15) is 10.1 Å². The summed E-state index contributed by atoms with van der Waals surface area (Å²) in [5.74, 6) is 0.760. The summed E-state index contributed by atoms with van der Waals surface area (Å²) in [7, 11) is 3.04. The van der Waals surface area contributed by atoms with Crippen molar-refractivity contribution < 1.29 is 19.0 Å². The van der Waals surface area contributed by atoms with E-state index in [9.17, 15) is 9.59 Å². The molecule has 0 aliphatic rings. The fourth-order valence-electron chi connectivity index (χ4n) is 2.77. The number of rotatable bonds is 8. The number of amides is 1. The first kappa shape index (κ1) is 21.6. The molecule has 0 fully saturated rings. The lowest BCUT2D eigenvalue weighted by Crippen LogP contribution is -2.24. The number of ether oxygens (including phenoxy) is 3. The van der Waals surface area contributed by atoms with Gasteiger partial charge < -0.3 is 19.2 Å². The van der Waals surface area contributed by atoms with Gasteiger partial charge in [0.15, 0.2) is 11.5 Å². The summed E-state index contributed by atoms with van der Waals surface area (Å²) in [6.45, 7) is 2.00. The highest BCUT2D eigenvalue weighted by Gasteiger charge is 2.14. The average molecular weight is 422 g/mol. The first-order chi connectivity index (χ1) is 15.0. The third-order valence-electron chi connectivity index (χ3n) is 4.20. The second-order valence-corrected chi connectivity index (χ2v) is 6.48. The number of methoxy groups -OCH3 is 2. The number of hydrazone groups is 1. The normalized spacial score (nSPS) is 10.7. The Bertz CT molecular complexity index is 1120. The van der Waals surface area contributed by atoms with E-state index in [2.05, 4.69) is 20.5 Å². The monoisotopic (exact) mass is 422 g/mol. The van der Waals surface area contributed by atoms with Crippen LogP contribution in [0.5, 0.6) is 17.2 Å². The molecule has 2 N–H and O–H groups in total. The third kappa shape index (κ3) is 5.69. The summed E-state index contributed by atoms with van der Waals surface area (Å²) in [5, 5.41) is 3.92. The van der Waals surface area contributed by atoms with Gasteiger partial charge in [0.05, 0.1) is 20.4 Å². The van der Waals surface area contributed by atoms with Crippen molar-refractivity contribution in [3.8, 4) is 17.2 Å². The highest BCUT2D eigenvalue weighted by molar-refractivity contribution is 5.93. The van der Waals surface area contributed by atoms with E-state index < -0.39 is 11.6 Å². The van der Waals surface area contributed by atoms with Crippen LogP contribution in [0.15, 0.2) is 58.4 Å². The summed E-state index contributed by atoms with van der Waals surface area (Å²) in [6, 6.07) is 14.6. The van der Waals surface area contributed by atoms with Gasteiger partial charge in [-0.05, 0) is 30.7 Å². The summed E-state index contributed by atoms with van der Waals surface area (Å²) in [6.07, 6.45) is 1.42. The lowest BCUT2D eigenvalue weighted by Gasteiger charge is -2.15. The fraction of sp³-hybridized carbons (Fsp3) is 0.182. The third-order valence-corrected chi connectivity index (χ3v) is 4.20. The molecule has 3 rings (SSSR count). The largest absolute Gasteiger partial charge is 0.493 e. The van der Waals surface area contributed by atoms with Crippen LogP contribution in [0.4, 0.5) is 0 Å². The van der Waals surface area contributed by atoms with Gasteiger partial charge in [0.25, 0.3) is 5.91 Å². The predicted molar refractivity (Wildman–Crippen MR) is 115 cm³/mol. The Morgan fingerprint density at radius 1 is 1.13 bits per heavy atom. The van der Waals surface area contributed by atoms with Crippen LogP contribution in [0.2, 0.25) is 0 Å². The molecule has 2 aromatic carbocycles. The highest BCUT2D eigenvalue weighted by atomic mass is 16.5. The summed E-state index contributed by atoms with van der Waals surface area (Å²) >= 11 is 0. The number of nitrogens with one attached hydrogen (secondary N) is 2. The van der Waals surface area contributed by atoms with E-state index in [1.54, 1.807) is 19.1 Å². The number of aromatic amines is 1. The molecule has 0 aliphatic heterocycles. The van der Waals surface area contributed by atoms with Crippen LogP contribution in [-0.2, 0) is 6.61 Å². The van der Waals surface area contributed by atoms with E-state index in [1.807, 2.05) is 30.3 Å². The van der Waals surface area contributed by atoms with E-state index in [0.29, 0.717) is 35.1 Å². The van der Waals surface area contributed by atoms with Crippen LogP contribution in [0.25, 0.3) is 0 Å². The van der Waals surface area contributed by atoms with Gasteiger partial charge in [-0.25, -0.2) is 10.2 Å². The zero-order valence-corrected chi connectivity index (χ0v) is 17.3. The second kappa shape index (κ2) is 10.1. The topological polar surface area (TPSA) is 115 Å². The lowest BCUT2D eigenvalue weighted by molar-refractivity contribution is 0.0949. The first-order valence-electron chi connectivity index (χ1n) is 9.34. The number of benzene rings is 2. The van der Waals surface area contributed by atoms with E-state index in [0.717, 1.165) is 5.56 Å². The molecule has 0 bridgehead atoms. The molecule has 0 radical (unpaired) electrons. The molecule has 9 nitrogen and oxygen atoms in total. The minimum absolute atomic E-state index is 0.0294. The van der Waals surface area contributed by atoms with Crippen molar-refractivity contribution >= 4 is 12.1 Å². The van der Waals surface area contributed by atoms with E-state index in [4.69, 9.17) is 14.2 Å². The van der Waals surface area contributed by atoms with Crippen LogP contribution < -0.4 is 25.3 Å². The number of hydrogen-bond acceptors (Lipinski definition) is 7. The Morgan fingerprint density at radius 3 is 2.42 bits per heavy atom. The van der Waals surface area contributed by atoms with E-state index in [1.165, 1.54) is 26.5 Å². The molecule has 3 aromatic rings. The Hall–Kier alpha value is -4.14. The van der Waals surface area contributed by atoms with Gasteiger partial charge in [-0.1, -0.05) is 30.3 Å². The molecule has 0 aliphatic carbocycles. The minimum Gasteiger partial charge on any atom is -0.493 e. The molecule has 160 valence electrons. The van der Waals surface area contributed by atoms with Gasteiger partial charge in [0, 0.05) is 11.3 Å². The smallest absolute Gasteiger partial charge is 0.345 e. The number of H-pyrrole nitrogens is 1. The highest BCUT2D eigenvalue weighted by Crippen LogP contribution is 2.38. The molecule has 0 atom stereocenters. The Balaban J connectivity index is 1.75. The summed E-state index contributed by atoms with van der Waals surface area (Å²) in [4.78, 5) is 29.6. The predicted octanol–water partition coefficient (Wildman–Crippen LogP) is 2.44. The molecule has 1 amide bonds. The van der Waals surface area contributed by atoms with Crippen molar-refractivity contribution in [2.75, 3.05) is 14.2 Å². The number of nitrogens with zero attached hydrogens (tertiary/aromatic N) is 2. The lowest BCUT2D eigenvalue weighted by atomic mass is 10.2. The molecule has 1 aromatic heterocycles. The van der Waals surface area contributed by atoms with Gasteiger partial charge in [0.2, 0.25) is 5.75 Å². The van der Waals surface area contributed by atoms with Crippen LogP contribution >= 0.6 is 0 Å². The van der Waals surface area contributed by atoms with Crippen molar-refractivity contribution in [1.29, 1.82) is 0 Å². The van der Waals surface area contributed by atoms with Gasteiger partial charge in [-0.3, -0.25) is 4.79 Å². The van der Waals surface area contributed by atoms with Gasteiger partial charge in [0.1, 0.15) is 12.3 Å². The number of aryl methyl sites for hydroxylation is 1. The molecule has 0 saturated carbocycles. The van der Waals surface area contributed by atoms with Crippen molar-refractivity contribution in [3.63, 3.8) is 0 Å². The first-order valence-corrected chi connectivity index (χ1v) is 9.34. The van der Waals surface area contributed by atoms with E-state index >= 15 is 0 Å². The van der Waals surface area contributed by atoms with Gasteiger partial charge in [-0.15, -0.1) is 0 Å². The van der Waals surface area contributed by atoms with Crippen LogP contribution in [0, 0.1) is 6.92 Å². The van der Waals surface area contributed by atoms with Crippen molar-refractivity contribution in [1.82, 2.24) is 15.4 Å². The molecular formula is C22H22N4O5. The molecule has 9 heteroatoms. The molecule has 0 saturated heterocycles. The Labute approximate surface area is 178 Å². The SMILES string of the molecule is COc1cc(/C=N/NC(=O)c2cc(C)[nH]c(=O)n2)cc(OC)c1OCc1ccccc1. The Morgan fingerprint density at radius 2 is 1.81 bits per heavy atom. The molecule has 0 unspecified atom stereocenters. The summed E-state index contributed by atoms with van der Waals surface area (Å²) in [5.41, 5.74) is 3.84. The maximum atomic E-state index is 12.2. The van der Waals surface area contributed by atoms with Crippen molar-refractivity contribution in [3.05, 3.63) is 81.5 Å². The summed E-state index contributed by atoms with van der Waals surface area (Å²) < 4.78 is 16.8. The van der Waals surface area contributed by atoms with Crippen LogP contribution in [0.3, 0.4) is 0 Å².